The van der Waals surface area contributed by atoms with Crippen LogP contribution in [-0.2, 0) is 22.6 Å². The fourth-order valence-electron chi connectivity index (χ4n) is 2.15. The minimum atomic E-state index is -0.0672. The van der Waals surface area contributed by atoms with E-state index in [4.69, 9.17) is 4.74 Å². The SMILES string of the molecule is CCCCCCCC(=O)OCc1ccccc1CC. The van der Waals surface area contributed by atoms with Gasteiger partial charge in [0.05, 0.1) is 0 Å². The fourth-order valence-corrected chi connectivity index (χ4v) is 2.15. The largest absolute Gasteiger partial charge is 0.461 e. The van der Waals surface area contributed by atoms with E-state index in [2.05, 4.69) is 19.9 Å². The number of benzene rings is 1. The lowest BCUT2D eigenvalue weighted by molar-refractivity contribution is -0.145. The lowest BCUT2D eigenvalue weighted by atomic mass is 10.1. The molecular weight excluding hydrogens is 236 g/mol. The molecule has 0 unspecified atom stereocenters. The summed E-state index contributed by atoms with van der Waals surface area (Å²) in [6, 6.07) is 8.15. The van der Waals surface area contributed by atoms with Gasteiger partial charge in [-0.25, -0.2) is 0 Å². The summed E-state index contributed by atoms with van der Waals surface area (Å²) in [5.74, 6) is -0.0672. The Bertz CT molecular complexity index is 371. The molecule has 0 aliphatic carbocycles. The molecule has 0 aliphatic heterocycles. The highest BCUT2D eigenvalue weighted by Crippen LogP contribution is 2.12. The number of ether oxygens (including phenoxy) is 1. The van der Waals surface area contributed by atoms with E-state index in [0.717, 1.165) is 24.8 Å². The van der Waals surface area contributed by atoms with Crippen LogP contribution in [0, 0.1) is 0 Å². The molecule has 1 aromatic rings. The van der Waals surface area contributed by atoms with E-state index < -0.39 is 0 Å². The number of aryl methyl sites for hydroxylation is 1. The van der Waals surface area contributed by atoms with Crippen LogP contribution in [-0.4, -0.2) is 5.97 Å². The molecule has 2 nitrogen and oxygen atoms in total. The first-order valence-corrected chi connectivity index (χ1v) is 7.50. The summed E-state index contributed by atoms with van der Waals surface area (Å²) in [6.07, 6.45) is 7.34. The summed E-state index contributed by atoms with van der Waals surface area (Å²) in [7, 11) is 0. The fraction of sp³-hybridized carbons (Fsp3) is 0.588. The number of esters is 1. The molecule has 0 bridgehead atoms. The summed E-state index contributed by atoms with van der Waals surface area (Å²) in [4.78, 5) is 11.6. The molecule has 1 rings (SSSR count). The second kappa shape index (κ2) is 9.60. The number of carbonyl (C=O) groups excluding carboxylic acids is 1. The predicted molar refractivity (Wildman–Crippen MR) is 79.0 cm³/mol. The second-order valence-electron chi connectivity index (χ2n) is 4.95. The zero-order valence-corrected chi connectivity index (χ0v) is 12.3. The average Bonchev–Trinajstić information content (AvgIpc) is 2.45. The zero-order valence-electron chi connectivity index (χ0n) is 12.3. The highest BCUT2D eigenvalue weighted by Gasteiger charge is 2.05. The van der Waals surface area contributed by atoms with Gasteiger partial charge in [0.25, 0.3) is 0 Å². The maximum Gasteiger partial charge on any atom is 0.306 e. The number of unbranched alkanes of at least 4 members (excludes halogenated alkanes) is 4. The molecule has 0 radical (unpaired) electrons. The van der Waals surface area contributed by atoms with E-state index in [1.165, 1.54) is 24.8 Å². The average molecular weight is 262 g/mol. The highest BCUT2D eigenvalue weighted by molar-refractivity contribution is 5.69. The van der Waals surface area contributed by atoms with Gasteiger partial charge in [0.2, 0.25) is 0 Å². The zero-order chi connectivity index (χ0) is 13.9. The van der Waals surface area contributed by atoms with Crippen molar-refractivity contribution in [2.45, 2.75) is 65.4 Å². The maximum atomic E-state index is 11.6. The Morgan fingerprint density at radius 3 is 2.37 bits per heavy atom. The van der Waals surface area contributed by atoms with Crippen LogP contribution >= 0.6 is 0 Å². The quantitative estimate of drug-likeness (QED) is 0.478. The molecule has 106 valence electrons. The Balaban J connectivity index is 2.22. The molecule has 0 aromatic heterocycles. The van der Waals surface area contributed by atoms with E-state index in [-0.39, 0.29) is 5.97 Å². The van der Waals surface area contributed by atoms with Crippen molar-refractivity contribution in [3.05, 3.63) is 35.4 Å². The van der Waals surface area contributed by atoms with E-state index in [1.807, 2.05) is 18.2 Å². The molecule has 0 amide bonds. The number of hydrogen-bond donors (Lipinski definition) is 0. The van der Waals surface area contributed by atoms with Crippen LogP contribution in [0.4, 0.5) is 0 Å². The van der Waals surface area contributed by atoms with Gasteiger partial charge >= 0.3 is 5.97 Å². The van der Waals surface area contributed by atoms with Crippen LogP contribution in [0.15, 0.2) is 24.3 Å². The van der Waals surface area contributed by atoms with Gasteiger partial charge in [-0.05, 0) is 24.0 Å². The van der Waals surface area contributed by atoms with E-state index >= 15 is 0 Å². The van der Waals surface area contributed by atoms with Crippen molar-refractivity contribution in [1.29, 1.82) is 0 Å². The van der Waals surface area contributed by atoms with Crippen LogP contribution in [0.1, 0.15) is 63.5 Å². The molecule has 19 heavy (non-hydrogen) atoms. The number of carbonyl (C=O) groups is 1. The lowest BCUT2D eigenvalue weighted by Gasteiger charge is -2.08. The standard InChI is InChI=1S/C17H26O2/c1-3-5-6-7-8-13-17(18)19-14-16-12-10-9-11-15(16)4-2/h9-12H,3-8,13-14H2,1-2H3. The van der Waals surface area contributed by atoms with Crippen molar-refractivity contribution in [3.8, 4) is 0 Å². The summed E-state index contributed by atoms with van der Waals surface area (Å²) < 4.78 is 5.34. The first kappa shape index (κ1) is 15.7. The van der Waals surface area contributed by atoms with Crippen molar-refractivity contribution in [1.82, 2.24) is 0 Å². The molecule has 0 spiro atoms. The van der Waals surface area contributed by atoms with Gasteiger partial charge < -0.3 is 4.74 Å². The third-order valence-corrected chi connectivity index (χ3v) is 3.37. The molecule has 0 saturated carbocycles. The highest BCUT2D eigenvalue weighted by atomic mass is 16.5. The van der Waals surface area contributed by atoms with E-state index in [9.17, 15) is 4.79 Å². The van der Waals surface area contributed by atoms with Crippen molar-refractivity contribution in [2.75, 3.05) is 0 Å². The summed E-state index contributed by atoms with van der Waals surface area (Å²) >= 11 is 0. The lowest BCUT2D eigenvalue weighted by Crippen LogP contribution is -2.05. The number of rotatable bonds is 9. The second-order valence-corrected chi connectivity index (χ2v) is 4.95. The van der Waals surface area contributed by atoms with E-state index in [0.29, 0.717) is 13.0 Å². The number of hydrogen-bond acceptors (Lipinski definition) is 2. The smallest absolute Gasteiger partial charge is 0.306 e. The molecule has 0 aliphatic rings. The van der Waals surface area contributed by atoms with E-state index in [1.54, 1.807) is 0 Å². The van der Waals surface area contributed by atoms with Crippen LogP contribution < -0.4 is 0 Å². The van der Waals surface area contributed by atoms with Gasteiger partial charge in [-0.3, -0.25) is 4.79 Å². The van der Waals surface area contributed by atoms with Gasteiger partial charge in [-0.2, -0.15) is 0 Å². The maximum absolute atomic E-state index is 11.6. The molecule has 1 aromatic carbocycles. The predicted octanol–water partition coefficient (Wildman–Crippen LogP) is 4.65. The Morgan fingerprint density at radius 1 is 1.00 bits per heavy atom. The molecule has 2 heteroatoms. The molecular formula is C17H26O2. The van der Waals surface area contributed by atoms with Crippen LogP contribution in [0.2, 0.25) is 0 Å². The van der Waals surface area contributed by atoms with Gasteiger partial charge in [-0.1, -0.05) is 63.8 Å². The first-order valence-electron chi connectivity index (χ1n) is 7.50. The Labute approximate surface area is 117 Å². The summed E-state index contributed by atoms with van der Waals surface area (Å²) in [5.41, 5.74) is 2.39. The summed E-state index contributed by atoms with van der Waals surface area (Å²) in [5, 5.41) is 0. The monoisotopic (exact) mass is 262 g/mol. The Hall–Kier alpha value is -1.31. The van der Waals surface area contributed by atoms with Crippen molar-refractivity contribution in [2.24, 2.45) is 0 Å². The minimum Gasteiger partial charge on any atom is -0.461 e. The van der Waals surface area contributed by atoms with Crippen molar-refractivity contribution < 1.29 is 9.53 Å². The Kier molecular flexibility index (Phi) is 7.95. The summed E-state index contributed by atoms with van der Waals surface area (Å²) in [6.45, 7) is 4.73. The minimum absolute atomic E-state index is 0.0672. The molecule has 0 heterocycles. The molecule has 0 fully saturated rings. The molecule has 0 N–H and O–H groups in total. The van der Waals surface area contributed by atoms with Crippen molar-refractivity contribution >= 4 is 5.97 Å². The van der Waals surface area contributed by atoms with Crippen molar-refractivity contribution in [3.63, 3.8) is 0 Å². The topological polar surface area (TPSA) is 26.3 Å². The van der Waals surface area contributed by atoms with Crippen LogP contribution in [0.5, 0.6) is 0 Å². The van der Waals surface area contributed by atoms with Gasteiger partial charge in [0.15, 0.2) is 0 Å². The van der Waals surface area contributed by atoms with Crippen LogP contribution in [0.25, 0.3) is 0 Å². The normalized spacial score (nSPS) is 10.4. The third-order valence-electron chi connectivity index (χ3n) is 3.37. The molecule has 0 atom stereocenters. The van der Waals surface area contributed by atoms with Gasteiger partial charge in [0, 0.05) is 6.42 Å². The molecule has 0 saturated heterocycles. The van der Waals surface area contributed by atoms with Crippen LogP contribution in [0.3, 0.4) is 0 Å². The Morgan fingerprint density at radius 2 is 1.68 bits per heavy atom. The van der Waals surface area contributed by atoms with Gasteiger partial charge in [-0.15, -0.1) is 0 Å². The first-order chi connectivity index (χ1) is 9.27. The third kappa shape index (κ3) is 6.42. The van der Waals surface area contributed by atoms with Gasteiger partial charge in [0.1, 0.15) is 6.61 Å².